The van der Waals surface area contributed by atoms with Crippen LogP contribution < -0.4 is 0 Å². The smallest absolute Gasteiger partial charge is 0.187 e. The standard InChI is InChI=1S/C32H50O12/c1-6-31(4)9-7-16-15(12-31)17(35)11-20-30(2,3)21(8-10-32(16,20)5)43-29-27(25(39)23(37)19(14-34)42-29)44-28-26(40)24(38)22(36)18(13-33)41-28/h6,12,16,18-29,33-34,36-40H,1,7-11,13-14H2,2-5H3. The molecule has 4 fully saturated rings. The molecule has 0 aromatic carbocycles. The van der Waals surface area contributed by atoms with Crippen LogP contribution >= 0.6 is 0 Å². The Hall–Kier alpha value is -1.29. The second-order valence-electron chi connectivity index (χ2n) is 14.6. The summed E-state index contributed by atoms with van der Waals surface area (Å²) in [6.07, 6.45) is -8.09. The monoisotopic (exact) mass is 626 g/mol. The molecule has 0 amide bonds. The van der Waals surface area contributed by atoms with Gasteiger partial charge < -0.3 is 54.7 Å². The highest BCUT2D eigenvalue weighted by Gasteiger charge is 2.61. The second kappa shape index (κ2) is 12.4. The minimum absolute atomic E-state index is 0.0333. The summed E-state index contributed by atoms with van der Waals surface area (Å²) in [6.45, 7) is 11.2. The summed E-state index contributed by atoms with van der Waals surface area (Å²) in [5.74, 6) is 0.218. The quantitative estimate of drug-likeness (QED) is 0.147. The number of ketones is 1. The maximum absolute atomic E-state index is 13.6. The van der Waals surface area contributed by atoms with Crippen molar-refractivity contribution in [2.45, 2.75) is 127 Å². The molecule has 2 saturated heterocycles. The third-order valence-electron chi connectivity index (χ3n) is 11.5. The molecular formula is C32H50O12. The molecule has 15 unspecified atom stereocenters. The Bertz CT molecular complexity index is 1110. The van der Waals surface area contributed by atoms with E-state index >= 15 is 0 Å². The zero-order chi connectivity index (χ0) is 32.4. The molecule has 5 aliphatic rings. The van der Waals surface area contributed by atoms with E-state index in [9.17, 15) is 40.5 Å². The van der Waals surface area contributed by atoms with Crippen molar-refractivity contribution in [1.29, 1.82) is 0 Å². The Morgan fingerprint density at radius 2 is 1.48 bits per heavy atom. The molecule has 3 aliphatic carbocycles. The van der Waals surface area contributed by atoms with Gasteiger partial charge in [0, 0.05) is 11.8 Å². The largest absolute Gasteiger partial charge is 0.394 e. The minimum atomic E-state index is -1.76. The SMILES string of the molecule is C=CC1(C)C=C2C(=O)CC3C(C)(C)C(OC4OC(CO)C(O)C(O)C4OC4OC(CO)C(O)C(O)C4O)CCC3(C)C2CC1. The van der Waals surface area contributed by atoms with E-state index in [2.05, 4.69) is 40.3 Å². The lowest BCUT2D eigenvalue weighted by molar-refractivity contribution is -0.377. The van der Waals surface area contributed by atoms with Gasteiger partial charge in [-0.3, -0.25) is 4.79 Å². The first-order valence-corrected chi connectivity index (χ1v) is 15.7. The van der Waals surface area contributed by atoms with E-state index in [1.54, 1.807) is 0 Å². The van der Waals surface area contributed by atoms with Crippen LogP contribution in [0.15, 0.2) is 24.3 Å². The van der Waals surface area contributed by atoms with E-state index in [0.717, 1.165) is 24.8 Å². The Kier molecular flexibility index (Phi) is 9.59. The van der Waals surface area contributed by atoms with Crippen LogP contribution in [0.5, 0.6) is 0 Å². The van der Waals surface area contributed by atoms with Gasteiger partial charge in [0.25, 0.3) is 0 Å². The first kappa shape index (κ1) is 34.1. The maximum atomic E-state index is 13.6. The van der Waals surface area contributed by atoms with Gasteiger partial charge in [-0.1, -0.05) is 39.8 Å². The van der Waals surface area contributed by atoms with Gasteiger partial charge in [-0.05, 0) is 53.9 Å². The summed E-state index contributed by atoms with van der Waals surface area (Å²) in [7, 11) is 0. The number of fused-ring (bicyclic) bond motifs is 3. The fourth-order valence-electron chi connectivity index (χ4n) is 8.59. The highest BCUT2D eigenvalue weighted by molar-refractivity contribution is 5.97. The molecule has 2 heterocycles. The van der Waals surface area contributed by atoms with Crippen LogP contribution in [0.25, 0.3) is 0 Å². The van der Waals surface area contributed by atoms with E-state index in [4.69, 9.17) is 18.9 Å². The van der Waals surface area contributed by atoms with Crippen LogP contribution in [-0.4, -0.2) is 122 Å². The van der Waals surface area contributed by atoms with Gasteiger partial charge in [-0.15, -0.1) is 6.58 Å². The normalized spacial score (nSPS) is 50.8. The van der Waals surface area contributed by atoms with E-state index < -0.39 is 86.1 Å². The number of ether oxygens (including phenoxy) is 4. The van der Waals surface area contributed by atoms with E-state index in [0.29, 0.717) is 12.8 Å². The minimum Gasteiger partial charge on any atom is -0.394 e. The third-order valence-corrected chi connectivity index (χ3v) is 11.5. The average molecular weight is 627 g/mol. The van der Waals surface area contributed by atoms with Gasteiger partial charge in [-0.25, -0.2) is 0 Å². The van der Waals surface area contributed by atoms with Crippen molar-refractivity contribution in [1.82, 2.24) is 0 Å². The van der Waals surface area contributed by atoms with Crippen LogP contribution in [0.1, 0.15) is 59.8 Å². The first-order chi connectivity index (χ1) is 20.6. The zero-order valence-corrected chi connectivity index (χ0v) is 26.0. The van der Waals surface area contributed by atoms with Crippen molar-refractivity contribution in [2.24, 2.45) is 28.1 Å². The molecule has 0 spiro atoms. The Morgan fingerprint density at radius 3 is 2.09 bits per heavy atom. The molecule has 2 saturated carbocycles. The lowest BCUT2D eigenvalue weighted by atomic mass is 9.44. The van der Waals surface area contributed by atoms with E-state index in [1.807, 2.05) is 6.08 Å². The predicted octanol–water partition coefficient (Wildman–Crippen LogP) is -0.0603. The summed E-state index contributed by atoms with van der Waals surface area (Å²) in [5, 5.41) is 72.2. The van der Waals surface area contributed by atoms with Crippen LogP contribution in [0.3, 0.4) is 0 Å². The van der Waals surface area contributed by atoms with Crippen LogP contribution in [-0.2, 0) is 23.7 Å². The number of aliphatic hydroxyl groups is 7. The van der Waals surface area contributed by atoms with Crippen LogP contribution in [0, 0.1) is 28.1 Å². The molecule has 12 heteroatoms. The number of carbonyl (C=O) groups is 1. The number of hydrogen-bond donors (Lipinski definition) is 7. The van der Waals surface area contributed by atoms with Gasteiger partial charge >= 0.3 is 0 Å². The van der Waals surface area contributed by atoms with Crippen molar-refractivity contribution >= 4 is 5.78 Å². The molecule has 2 aliphatic heterocycles. The summed E-state index contributed by atoms with van der Waals surface area (Å²) >= 11 is 0. The van der Waals surface area contributed by atoms with Gasteiger partial charge in [0.1, 0.15) is 48.8 Å². The van der Waals surface area contributed by atoms with Crippen LogP contribution in [0.4, 0.5) is 0 Å². The van der Waals surface area contributed by atoms with Crippen LogP contribution in [0.2, 0.25) is 0 Å². The van der Waals surface area contributed by atoms with Crippen molar-refractivity contribution in [2.75, 3.05) is 13.2 Å². The lowest BCUT2D eigenvalue weighted by Crippen LogP contribution is -2.65. The average Bonchev–Trinajstić information content (AvgIpc) is 2.99. The maximum Gasteiger partial charge on any atom is 0.187 e. The van der Waals surface area contributed by atoms with Crippen molar-refractivity contribution < 1.29 is 59.5 Å². The third kappa shape index (κ3) is 5.64. The Labute approximate surface area is 258 Å². The number of Topliss-reactive ketones (excluding diaryl/α,β-unsaturated/α-hetero) is 1. The highest BCUT2D eigenvalue weighted by Crippen LogP contribution is 2.63. The lowest BCUT2D eigenvalue weighted by Gasteiger charge is -2.61. The Balaban J connectivity index is 1.39. The zero-order valence-electron chi connectivity index (χ0n) is 26.0. The summed E-state index contributed by atoms with van der Waals surface area (Å²) in [5.41, 5.74) is -0.00264. The van der Waals surface area contributed by atoms with Crippen molar-refractivity contribution in [3.63, 3.8) is 0 Å². The molecule has 7 N–H and O–H groups in total. The molecule has 0 aromatic heterocycles. The summed E-state index contributed by atoms with van der Waals surface area (Å²) < 4.78 is 23.8. The molecule has 5 rings (SSSR count). The molecule has 0 bridgehead atoms. The second-order valence-corrected chi connectivity index (χ2v) is 14.6. The van der Waals surface area contributed by atoms with Gasteiger partial charge in [0.2, 0.25) is 0 Å². The molecule has 0 radical (unpaired) electrons. The fourth-order valence-corrected chi connectivity index (χ4v) is 8.59. The van der Waals surface area contributed by atoms with Gasteiger partial charge in [-0.2, -0.15) is 0 Å². The molecule has 0 aromatic rings. The fraction of sp³-hybridized carbons (Fsp3) is 0.844. The topological polar surface area (TPSA) is 196 Å². The molecule has 15 atom stereocenters. The number of carbonyl (C=O) groups excluding carboxylic acids is 1. The molecule has 12 nitrogen and oxygen atoms in total. The first-order valence-electron chi connectivity index (χ1n) is 15.7. The molecular weight excluding hydrogens is 576 g/mol. The summed E-state index contributed by atoms with van der Waals surface area (Å²) in [6, 6.07) is 0. The predicted molar refractivity (Wildman–Crippen MR) is 155 cm³/mol. The van der Waals surface area contributed by atoms with Crippen molar-refractivity contribution in [3.05, 3.63) is 24.3 Å². The van der Waals surface area contributed by atoms with Gasteiger partial charge in [0.05, 0.1) is 19.3 Å². The number of rotatable bonds is 7. The number of aliphatic hydroxyl groups excluding tert-OH is 7. The highest BCUT2D eigenvalue weighted by atomic mass is 16.8. The van der Waals surface area contributed by atoms with E-state index in [1.165, 1.54) is 0 Å². The molecule has 44 heavy (non-hydrogen) atoms. The number of hydrogen-bond acceptors (Lipinski definition) is 12. The Morgan fingerprint density at radius 1 is 0.864 bits per heavy atom. The number of allylic oxidation sites excluding steroid dienone is 3. The van der Waals surface area contributed by atoms with Crippen molar-refractivity contribution in [3.8, 4) is 0 Å². The van der Waals surface area contributed by atoms with E-state index in [-0.39, 0.29) is 28.4 Å². The summed E-state index contributed by atoms with van der Waals surface area (Å²) in [4.78, 5) is 13.6. The molecule has 250 valence electrons. The van der Waals surface area contributed by atoms with Gasteiger partial charge in [0.15, 0.2) is 18.4 Å².